The zero-order valence-electron chi connectivity index (χ0n) is 8.40. The number of aromatic nitrogens is 1. The molecule has 82 valence electrons. The number of halogens is 1. The van der Waals surface area contributed by atoms with E-state index in [2.05, 4.69) is 4.98 Å². The molecule has 3 nitrogen and oxygen atoms in total. The molecule has 0 unspecified atom stereocenters. The van der Waals surface area contributed by atoms with Crippen LogP contribution in [-0.4, -0.2) is 15.9 Å². The Hall–Kier alpha value is -1.75. The lowest BCUT2D eigenvalue weighted by atomic mass is 10.2. The van der Waals surface area contributed by atoms with Crippen molar-refractivity contribution in [3.05, 3.63) is 35.1 Å². The Labute approximate surface area is 95.2 Å². The quantitative estimate of drug-likeness (QED) is 0.817. The first-order chi connectivity index (χ1) is 7.58. The lowest BCUT2D eigenvalue weighted by Gasteiger charge is -1.98. The minimum atomic E-state index is -0.697. The molecule has 0 saturated carbocycles. The summed E-state index contributed by atoms with van der Waals surface area (Å²) >= 11 is 1.27. The van der Waals surface area contributed by atoms with Crippen molar-refractivity contribution in [1.82, 2.24) is 4.98 Å². The molecule has 0 aliphatic rings. The van der Waals surface area contributed by atoms with E-state index in [4.69, 9.17) is 5.11 Å². The average Bonchev–Trinajstić information content (AvgIpc) is 2.71. The molecule has 2 rings (SSSR count). The maximum atomic E-state index is 13.1. The predicted octanol–water partition coefficient (Wildman–Crippen LogP) is 2.86. The van der Waals surface area contributed by atoms with E-state index >= 15 is 0 Å². The largest absolute Gasteiger partial charge is 0.505 e. The first kappa shape index (κ1) is 10.8. The number of aromatic hydroxyl groups is 1. The maximum absolute atomic E-state index is 13.1. The molecule has 1 heterocycles. The molecule has 1 aromatic carbocycles. The van der Waals surface area contributed by atoms with Gasteiger partial charge in [-0.1, -0.05) is 0 Å². The van der Waals surface area contributed by atoms with Crippen LogP contribution in [0.15, 0.2) is 23.6 Å². The van der Waals surface area contributed by atoms with Gasteiger partial charge in [0.25, 0.3) is 0 Å². The van der Waals surface area contributed by atoms with Crippen LogP contribution in [0, 0.1) is 5.82 Å². The Morgan fingerprint density at radius 1 is 1.50 bits per heavy atom. The molecule has 1 N–H and O–H groups in total. The van der Waals surface area contributed by atoms with Gasteiger partial charge in [-0.25, -0.2) is 9.37 Å². The van der Waals surface area contributed by atoms with E-state index in [1.807, 2.05) is 0 Å². The summed E-state index contributed by atoms with van der Waals surface area (Å²) in [5, 5.41) is 11.2. The van der Waals surface area contributed by atoms with Crippen LogP contribution in [0.25, 0.3) is 10.6 Å². The third-order valence-corrected chi connectivity index (χ3v) is 2.95. The normalized spacial score (nSPS) is 10.4. The molecule has 0 bridgehead atoms. The second kappa shape index (κ2) is 4.02. The Bertz CT molecular complexity index is 551. The number of carbonyl (C=O) groups is 1. The number of benzene rings is 1. The molecule has 0 fully saturated rings. The Morgan fingerprint density at radius 2 is 2.25 bits per heavy atom. The molecule has 0 saturated heterocycles. The highest BCUT2D eigenvalue weighted by molar-refractivity contribution is 7.13. The van der Waals surface area contributed by atoms with Gasteiger partial charge in [0.05, 0.1) is 0 Å². The molecule has 5 heteroatoms. The third-order valence-electron chi connectivity index (χ3n) is 2.06. The molecular formula is C11H8FNO2S. The van der Waals surface area contributed by atoms with Gasteiger partial charge in [-0.05, 0) is 18.2 Å². The van der Waals surface area contributed by atoms with Gasteiger partial charge in [-0.15, -0.1) is 11.3 Å². The fourth-order valence-electron chi connectivity index (χ4n) is 1.21. The number of thiazole rings is 1. The maximum Gasteiger partial charge on any atom is 0.178 e. The van der Waals surface area contributed by atoms with Gasteiger partial charge in [-0.2, -0.15) is 0 Å². The molecule has 0 aliphatic carbocycles. The van der Waals surface area contributed by atoms with Crippen molar-refractivity contribution in [3.63, 3.8) is 0 Å². The van der Waals surface area contributed by atoms with Gasteiger partial charge >= 0.3 is 0 Å². The van der Waals surface area contributed by atoms with Gasteiger partial charge in [-0.3, -0.25) is 4.79 Å². The second-order valence-corrected chi connectivity index (χ2v) is 4.12. The molecule has 0 spiro atoms. The van der Waals surface area contributed by atoms with Crippen LogP contribution in [-0.2, 0) is 0 Å². The summed E-state index contributed by atoms with van der Waals surface area (Å²) in [7, 11) is 0. The lowest BCUT2D eigenvalue weighted by Crippen LogP contribution is -1.91. The average molecular weight is 237 g/mol. The van der Waals surface area contributed by atoms with E-state index < -0.39 is 11.6 Å². The molecule has 0 radical (unpaired) electrons. The number of nitrogens with zero attached hydrogens (tertiary/aromatic N) is 1. The van der Waals surface area contributed by atoms with E-state index in [0.717, 1.165) is 0 Å². The smallest absolute Gasteiger partial charge is 0.178 e. The van der Waals surface area contributed by atoms with Crippen LogP contribution >= 0.6 is 11.3 Å². The van der Waals surface area contributed by atoms with Gasteiger partial charge in [0.15, 0.2) is 17.3 Å². The fourth-order valence-corrected chi connectivity index (χ4v) is 2.06. The highest BCUT2D eigenvalue weighted by Crippen LogP contribution is 2.27. The second-order valence-electron chi connectivity index (χ2n) is 3.26. The number of phenolic OH excluding ortho intramolecular Hbond substituents is 1. The van der Waals surface area contributed by atoms with Crippen molar-refractivity contribution in [2.75, 3.05) is 0 Å². The SMILES string of the molecule is CC(=O)c1csc(-c2ccc(O)c(F)c2)n1. The van der Waals surface area contributed by atoms with Gasteiger partial charge in [0.1, 0.15) is 10.7 Å². The Kier molecular flexibility index (Phi) is 2.70. The number of hydrogen-bond donors (Lipinski definition) is 1. The molecule has 0 atom stereocenters. The summed E-state index contributed by atoms with van der Waals surface area (Å²) in [6.45, 7) is 1.43. The van der Waals surface area contributed by atoms with Crippen LogP contribution in [0.2, 0.25) is 0 Å². The van der Waals surface area contributed by atoms with Gasteiger partial charge in [0.2, 0.25) is 0 Å². The number of rotatable bonds is 2. The molecule has 0 aliphatic heterocycles. The number of ketones is 1. The molecule has 2 aromatic rings. The van der Waals surface area contributed by atoms with Crippen molar-refractivity contribution in [3.8, 4) is 16.3 Å². The lowest BCUT2D eigenvalue weighted by molar-refractivity contribution is 0.101. The molecule has 1 aromatic heterocycles. The minimum Gasteiger partial charge on any atom is -0.505 e. The Balaban J connectivity index is 2.42. The minimum absolute atomic E-state index is 0.123. The van der Waals surface area contributed by atoms with Gasteiger partial charge in [0, 0.05) is 17.9 Å². The van der Waals surface area contributed by atoms with E-state index in [-0.39, 0.29) is 5.78 Å². The highest BCUT2D eigenvalue weighted by atomic mass is 32.1. The van der Waals surface area contributed by atoms with E-state index in [1.165, 1.54) is 30.4 Å². The van der Waals surface area contributed by atoms with Crippen molar-refractivity contribution in [2.24, 2.45) is 0 Å². The van der Waals surface area contributed by atoms with Crippen LogP contribution in [0.5, 0.6) is 5.75 Å². The van der Waals surface area contributed by atoms with Crippen LogP contribution in [0.4, 0.5) is 4.39 Å². The van der Waals surface area contributed by atoms with Crippen molar-refractivity contribution in [2.45, 2.75) is 6.92 Å². The number of Topliss-reactive ketones (excluding diaryl/α,β-unsaturated/α-hetero) is 1. The van der Waals surface area contributed by atoms with E-state index in [0.29, 0.717) is 16.3 Å². The first-order valence-electron chi connectivity index (χ1n) is 4.53. The molecule has 0 amide bonds. The first-order valence-corrected chi connectivity index (χ1v) is 5.41. The summed E-state index contributed by atoms with van der Waals surface area (Å²) in [6, 6.07) is 4.01. The van der Waals surface area contributed by atoms with Crippen molar-refractivity contribution >= 4 is 17.1 Å². The number of hydrogen-bond acceptors (Lipinski definition) is 4. The van der Waals surface area contributed by atoms with Crippen LogP contribution in [0.1, 0.15) is 17.4 Å². The predicted molar refractivity (Wildman–Crippen MR) is 59.2 cm³/mol. The zero-order chi connectivity index (χ0) is 11.7. The Morgan fingerprint density at radius 3 is 2.81 bits per heavy atom. The standard InChI is InChI=1S/C11H8FNO2S/c1-6(14)9-5-16-11(13-9)7-2-3-10(15)8(12)4-7/h2-5,15H,1H3. The zero-order valence-corrected chi connectivity index (χ0v) is 9.21. The summed E-state index contributed by atoms with van der Waals surface area (Å²) in [6.07, 6.45) is 0. The summed E-state index contributed by atoms with van der Waals surface area (Å²) < 4.78 is 13.1. The monoisotopic (exact) mass is 237 g/mol. The third kappa shape index (κ3) is 1.94. The molecule has 16 heavy (non-hydrogen) atoms. The van der Waals surface area contributed by atoms with E-state index in [9.17, 15) is 9.18 Å². The van der Waals surface area contributed by atoms with Crippen LogP contribution < -0.4 is 0 Å². The fraction of sp³-hybridized carbons (Fsp3) is 0.0909. The summed E-state index contributed by atoms with van der Waals surface area (Å²) in [4.78, 5) is 15.1. The summed E-state index contributed by atoms with van der Waals surface area (Å²) in [5.41, 5.74) is 0.918. The molecular weight excluding hydrogens is 229 g/mol. The van der Waals surface area contributed by atoms with Crippen LogP contribution in [0.3, 0.4) is 0 Å². The number of phenols is 1. The van der Waals surface area contributed by atoms with E-state index in [1.54, 1.807) is 11.4 Å². The number of carbonyl (C=O) groups excluding carboxylic acids is 1. The van der Waals surface area contributed by atoms with Gasteiger partial charge < -0.3 is 5.11 Å². The highest BCUT2D eigenvalue weighted by Gasteiger charge is 2.09. The van der Waals surface area contributed by atoms with Crippen molar-refractivity contribution in [1.29, 1.82) is 0 Å². The summed E-state index contributed by atoms with van der Waals surface area (Å²) in [5.74, 6) is -1.22. The van der Waals surface area contributed by atoms with Crippen molar-refractivity contribution < 1.29 is 14.3 Å². The topological polar surface area (TPSA) is 50.2 Å².